The van der Waals surface area contributed by atoms with Gasteiger partial charge in [-0.15, -0.1) is 0 Å². The highest BCUT2D eigenvalue weighted by molar-refractivity contribution is 7.89. The van der Waals surface area contributed by atoms with Crippen LogP contribution in [0.4, 0.5) is 4.79 Å². The SMILES string of the molecule is CCCNC(=O)N(C)C[C@H]1Oc2cc(-c3ccncc3)ccc2S(=O)(=O)N([C@@H](C)CO)C[C@@H]1C. The highest BCUT2D eigenvalue weighted by Gasteiger charge is 2.38. The average molecular weight is 491 g/mol. The number of likely N-dealkylation sites (N-methyl/N-ethyl adjacent to an activating group) is 1. The van der Waals surface area contributed by atoms with Crippen LogP contribution in [0, 0.1) is 5.92 Å². The van der Waals surface area contributed by atoms with Crippen molar-refractivity contribution in [2.24, 2.45) is 5.92 Å². The second-order valence-electron chi connectivity index (χ2n) is 8.75. The van der Waals surface area contributed by atoms with E-state index in [0.29, 0.717) is 6.54 Å². The fourth-order valence-electron chi connectivity index (χ4n) is 3.89. The molecule has 1 aliphatic heterocycles. The number of nitrogens with one attached hydrogen (secondary N) is 1. The zero-order valence-electron chi connectivity index (χ0n) is 20.1. The van der Waals surface area contributed by atoms with Gasteiger partial charge in [-0.1, -0.05) is 19.9 Å². The summed E-state index contributed by atoms with van der Waals surface area (Å²) in [4.78, 5) is 18.1. The first-order valence-electron chi connectivity index (χ1n) is 11.5. The van der Waals surface area contributed by atoms with Crippen molar-refractivity contribution in [1.29, 1.82) is 0 Å². The average Bonchev–Trinajstić information content (AvgIpc) is 2.84. The number of aliphatic hydroxyl groups excluding tert-OH is 1. The minimum atomic E-state index is -3.92. The summed E-state index contributed by atoms with van der Waals surface area (Å²) in [7, 11) is -2.23. The molecule has 0 saturated heterocycles. The number of nitrogens with zero attached hydrogens (tertiary/aromatic N) is 3. The number of fused-ring (bicyclic) bond motifs is 1. The number of hydrogen-bond donors (Lipinski definition) is 2. The molecule has 0 bridgehead atoms. The van der Waals surface area contributed by atoms with Crippen LogP contribution in [0.2, 0.25) is 0 Å². The lowest BCUT2D eigenvalue weighted by Crippen LogP contribution is -2.51. The number of amides is 2. The summed E-state index contributed by atoms with van der Waals surface area (Å²) in [6, 6.07) is 7.86. The maximum atomic E-state index is 13.6. The number of aliphatic hydroxyl groups is 1. The number of carbonyl (C=O) groups is 1. The summed E-state index contributed by atoms with van der Waals surface area (Å²) in [5, 5.41) is 12.6. The molecule has 2 heterocycles. The molecule has 0 radical (unpaired) electrons. The number of urea groups is 1. The first kappa shape index (κ1) is 25.9. The van der Waals surface area contributed by atoms with Gasteiger partial charge in [0.2, 0.25) is 10.0 Å². The summed E-state index contributed by atoms with van der Waals surface area (Å²) in [6.45, 7) is 6.25. The molecule has 3 rings (SSSR count). The Bertz CT molecular complexity index is 1080. The second kappa shape index (κ2) is 11.2. The van der Waals surface area contributed by atoms with E-state index in [1.807, 2.05) is 26.0 Å². The predicted molar refractivity (Wildman–Crippen MR) is 130 cm³/mol. The Labute approximate surface area is 201 Å². The van der Waals surface area contributed by atoms with E-state index in [2.05, 4.69) is 10.3 Å². The number of aromatic nitrogens is 1. The van der Waals surface area contributed by atoms with Crippen LogP contribution in [-0.2, 0) is 10.0 Å². The number of benzene rings is 1. The van der Waals surface area contributed by atoms with Gasteiger partial charge in [-0.05, 0) is 48.7 Å². The van der Waals surface area contributed by atoms with Crippen LogP contribution in [0.3, 0.4) is 0 Å². The van der Waals surface area contributed by atoms with Gasteiger partial charge >= 0.3 is 6.03 Å². The van der Waals surface area contributed by atoms with Crippen LogP contribution in [0.15, 0.2) is 47.6 Å². The van der Waals surface area contributed by atoms with Gasteiger partial charge in [-0.2, -0.15) is 4.31 Å². The lowest BCUT2D eigenvalue weighted by molar-refractivity contribution is 0.0813. The Hall–Kier alpha value is -2.69. The normalized spacial score (nSPS) is 20.9. The monoisotopic (exact) mass is 490 g/mol. The van der Waals surface area contributed by atoms with Gasteiger partial charge in [0, 0.05) is 44.5 Å². The first-order valence-corrected chi connectivity index (χ1v) is 13.0. The quantitative estimate of drug-likeness (QED) is 0.617. The minimum absolute atomic E-state index is 0.0422. The highest BCUT2D eigenvalue weighted by Crippen LogP contribution is 2.36. The maximum Gasteiger partial charge on any atom is 0.317 e. The lowest BCUT2D eigenvalue weighted by atomic mass is 10.0. The third-order valence-corrected chi connectivity index (χ3v) is 8.03. The van der Waals surface area contributed by atoms with Crippen molar-refractivity contribution in [3.63, 3.8) is 0 Å². The van der Waals surface area contributed by atoms with E-state index in [1.165, 1.54) is 4.31 Å². The number of hydrogen-bond acceptors (Lipinski definition) is 6. The Morgan fingerprint density at radius 2 is 2.00 bits per heavy atom. The van der Waals surface area contributed by atoms with E-state index in [4.69, 9.17) is 4.74 Å². The summed E-state index contributed by atoms with van der Waals surface area (Å²) < 4.78 is 34.8. The molecule has 0 fully saturated rings. The summed E-state index contributed by atoms with van der Waals surface area (Å²) >= 11 is 0. The van der Waals surface area contributed by atoms with E-state index >= 15 is 0 Å². The van der Waals surface area contributed by atoms with Gasteiger partial charge < -0.3 is 20.1 Å². The molecule has 3 atom stereocenters. The molecule has 0 aliphatic carbocycles. The number of rotatable bonds is 7. The Morgan fingerprint density at radius 1 is 1.29 bits per heavy atom. The number of ether oxygens (including phenoxy) is 1. The molecular weight excluding hydrogens is 456 g/mol. The van der Waals surface area contributed by atoms with E-state index < -0.39 is 22.2 Å². The fraction of sp³-hybridized carbons (Fsp3) is 0.500. The molecule has 2 N–H and O–H groups in total. The molecule has 1 aromatic heterocycles. The van der Waals surface area contributed by atoms with E-state index in [9.17, 15) is 18.3 Å². The molecule has 0 unspecified atom stereocenters. The molecule has 9 nitrogen and oxygen atoms in total. The fourth-order valence-corrected chi connectivity index (χ4v) is 5.71. The molecule has 186 valence electrons. The van der Waals surface area contributed by atoms with Crippen LogP contribution in [-0.4, -0.2) is 79.2 Å². The van der Waals surface area contributed by atoms with Gasteiger partial charge in [0.05, 0.1) is 13.2 Å². The number of pyridine rings is 1. The van der Waals surface area contributed by atoms with E-state index in [1.54, 1.807) is 49.5 Å². The van der Waals surface area contributed by atoms with Crippen LogP contribution in [0.25, 0.3) is 11.1 Å². The maximum absolute atomic E-state index is 13.6. The molecule has 2 amide bonds. The van der Waals surface area contributed by atoms with E-state index in [-0.39, 0.29) is 42.3 Å². The van der Waals surface area contributed by atoms with Gasteiger partial charge in [-0.25, -0.2) is 13.2 Å². The zero-order chi connectivity index (χ0) is 24.9. The largest absolute Gasteiger partial charge is 0.487 e. The smallest absolute Gasteiger partial charge is 0.317 e. The topological polar surface area (TPSA) is 112 Å². The van der Waals surface area contributed by atoms with Crippen LogP contribution < -0.4 is 10.1 Å². The van der Waals surface area contributed by atoms with Gasteiger partial charge in [0.25, 0.3) is 0 Å². The van der Waals surface area contributed by atoms with E-state index in [0.717, 1.165) is 17.5 Å². The number of carbonyl (C=O) groups excluding carboxylic acids is 1. The molecule has 1 aliphatic rings. The van der Waals surface area contributed by atoms with Gasteiger partial charge in [0.1, 0.15) is 16.7 Å². The third-order valence-electron chi connectivity index (χ3n) is 6.01. The van der Waals surface area contributed by atoms with Crippen molar-refractivity contribution < 1.29 is 23.1 Å². The molecular formula is C24H34N4O5S. The van der Waals surface area contributed by atoms with Crippen LogP contribution in [0.1, 0.15) is 27.2 Å². The predicted octanol–water partition coefficient (Wildman–Crippen LogP) is 2.57. The Morgan fingerprint density at radius 3 is 2.65 bits per heavy atom. The summed E-state index contributed by atoms with van der Waals surface area (Å²) in [6.07, 6.45) is 3.70. The van der Waals surface area contributed by atoms with Crippen LogP contribution >= 0.6 is 0 Å². The van der Waals surface area contributed by atoms with Gasteiger partial charge in [0.15, 0.2) is 0 Å². The standard InChI is InChI=1S/C24H34N4O5S/c1-5-10-26-24(30)27(4)15-22-17(2)14-28(18(3)16-29)34(31,32)23-7-6-20(13-21(23)33-22)19-8-11-25-12-9-19/h6-9,11-13,17-18,22,29H,5,10,14-16H2,1-4H3,(H,26,30)/t17-,18-,22+/m0/s1. The Kier molecular flexibility index (Phi) is 8.51. The van der Waals surface area contributed by atoms with Crippen molar-refractivity contribution in [2.45, 2.75) is 44.2 Å². The molecule has 34 heavy (non-hydrogen) atoms. The van der Waals surface area contributed by atoms with Crippen molar-refractivity contribution in [2.75, 3.05) is 33.3 Å². The molecule has 0 saturated carbocycles. The van der Waals surface area contributed by atoms with Crippen molar-refractivity contribution >= 4 is 16.1 Å². The van der Waals surface area contributed by atoms with Crippen LogP contribution in [0.5, 0.6) is 5.75 Å². The molecule has 2 aromatic rings. The van der Waals surface area contributed by atoms with Crippen molar-refractivity contribution in [3.8, 4) is 16.9 Å². The Balaban J connectivity index is 2.04. The number of sulfonamides is 1. The molecule has 0 spiro atoms. The lowest BCUT2D eigenvalue weighted by Gasteiger charge is -2.37. The van der Waals surface area contributed by atoms with Crippen molar-refractivity contribution in [3.05, 3.63) is 42.7 Å². The molecule has 10 heteroatoms. The third kappa shape index (κ3) is 5.68. The minimum Gasteiger partial charge on any atom is -0.487 e. The summed E-state index contributed by atoms with van der Waals surface area (Å²) in [5.74, 6) is -0.0219. The zero-order valence-corrected chi connectivity index (χ0v) is 21.0. The molecule has 1 aromatic carbocycles. The summed E-state index contributed by atoms with van der Waals surface area (Å²) in [5.41, 5.74) is 1.67. The first-order chi connectivity index (χ1) is 16.2. The van der Waals surface area contributed by atoms with Gasteiger partial charge in [-0.3, -0.25) is 4.98 Å². The van der Waals surface area contributed by atoms with Crippen molar-refractivity contribution in [1.82, 2.24) is 19.5 Å². The second-order valence-corrected chi connectivity index (χ2v) is 10.6. The highest BCUT2D eigenvalue weighted by atomic mass is 32.2.